The van der Waals surface area contributed by atoms with Gasteiger partial charge in [-0.15, -0.1) is 24.0 Å². The van der Waals surface area contributed by atoms with E-state index in [9.17, 15) is 0 Å². The summed E-state index contributed by atoms with van der Waals surface area (Å²) in [6.45, 7) is 5.37. The van der Waals surface area contributed by atoms with Crippen LogP contribution in [-0.4, -0.2) is 39.3 Å². The zero-order chi connectivity index (χ0) is 19.1. The van der Waals surface area contributed by atoms with Gasteiger partial charge in [0.25, 0.3) is 0 Å². The van der Waals surface area contributed by atoms with Gasteiger partial charge in [-0.3, -0.25) is 4.99 Å². The molecular weight excluding hydrogens is 505 g/mol. The van der Waals surface area contributed by atoms with Gasteiger partial charge >= 0.3 is 0 Å². The summed E-state index contributed by atoms with van der Waals surface area (Å²) in [4.78, 5) is 4.41. The van der Waals surface area contributed by atoms with E-state index in [4.69, 9.17) is 16.3 Å². The van der Waals surface area contributed by atoms with Crippen LogP contribution < -0.4 is 10.6 Å². The second kappa shape index (κ2) is 11.4. The van der Waals surface area contributed by atoms with E-state index in [1.807, 2.05) is 19.2 Å². The van der Waals surface area contributed by atoms with Gasteiger partial charge in [0.05, 0.1) is 0 Å². The Bertz CT molecular complexity index is 748. The lowest BCUT2D eigenvalue weighted by molar-refractivity contribution is 0.0514. The number of nitrogens with zero attached hydrogens (tertiary/aromatic N) is 1. The van der Waals surface area contributed by atoms with E-state index in [0.29, 0.717) is 5.92 Å². The van der Waals surface area contributed by atoms with Gasteiger partial charge in [-0.25, -0.2) is 0 Å². The molecule has 28 heavy (non-hydrogen) atoms. The highest BCUT2D eigenvalue weighted by atomic mass is 127. The molecule has 2 heterocycles. The Morgan fingerprint density at radius 3 is 2.64 bits per heavy atom. The summed E-state index contributed by atoms with van der Waals surface area (Å²) < 4.78 is 5.62. The number of benzene rings is 1. The predicted molar refractivity (Wildman–Crippen MR) is 131 cm³/mol. The van der Waals surface area contributed by atoms with Crippen molar-refractivity contribution < 1.29 is 4.74 Å². The lowest BCUT2D eigenvalue weighted by atomic mass is 9.74. The molecule has 4 nitrogen and oxygen atoms in total. The minimum absolute atomic E-state index is 0. The highest BCUT2D eigenvalue weighted by molar-refractivity contribution is 14.0. The van der Waals surface area contributed by atoms with Crippen molar-refractivity contribution in [1.82, 2.24) is 10.6 Å². The highest BCUT2D eigenvalue weighted by Crippen LogP contribution is 2.38. The zero-order valence-electron chi connectivity index (χ0n) is 16.4. The predicted octanol–water partition coefficient (Wildman–Crippen LogP) is 5.04. The van der Waals surface area contributed by atoms with E-state index in [1.54, 1.807) is 11.3 Å². The lowest BCUT2D eigenvalue weighted by Gasteiger charge is -2.38. The molecule has 0 amide bonds. The number of rotatable bonds is 6. The molecule has 1 saturated heterocycles. The highest BCUT2D eigenvalue weighted by Gasteiger charge is 2.36. The minimum Gasteiger partial charge on any atom is -0.381 e. The van der Waals surface area contributed by atoms with Crippen LogP contribution in [0, 0.1) is 0 Å². The fraction of sp³-hybridized carbons (Fsp3) is 0.476. The normalized spacial score (nSPS) is 17.5. The van der Waals surface area contributed by atoms with E-state index in [-0.39, 0.29) is 29.4 Å². The van der Waals surface area contributed by atoms with E-state index >= 15 is 0 Å². The first-order chi connectivity index (χ1) is 13.1. The average Bonchev–Trinajstić information content (AvgIpc) is 3.24. The fourth-order valence-corrected chi connectivity index (χ4v) is 4.71. The molecule has 1 atom stereocenters. The molecule has 0 saturated carbocycles. The molecule has 0 spiro atoms. The monoisotopic (exact) mass is 533 g/mol. The Labute approximate surface area is 194 Å². The number of nitrogens with one attached hydrogen (secondary N) is 2. The molecule has 7 heteroatoms. The molecule has 1 aromatic carbocycles. The number of aliphatic imine (C=N–C) groups is 1. The summed E-state index contributed by atoms with van der Waals surface area (Å²) in [7, 11) is 1.82. The van der Waals surface area contributed by atoms with E-state index in [2.05, 4.69) is 51.5 Å². The van der Waals surface area contributed by atoms with Crippen LogP contribution in [-0.2, 0) is 10.2 Å². The van der Waals surface area contributed by atoms with Crippen molar-refractivity contribution in [3.63, 3.8) is 0 Å². The van der Waals surface area contributed by atoms with E-state index < -0.39 is 0 Å². The van der Waals surface area contributed by atoms with Crippen molar-refractivity contribution in [2.24, 2.45) is 4.99 Å². The molecular formula is C21H29ClIN3OS. The molecule has 2 aromatic rings. The van der Waals surface area contributed by atoms with Crippen LogP contribution in [0.5, 0.6) is 0 Å². The first-order valence-corrected chi connectivity index (χ1v) is 10.8. The van der Waals surface area contributed by atoms with Gasteiger partial charge in [0, 0.05) is 43.8 Å². The molecule has 1 aliphatic heterocycles. The Balaban J connectivity index is 0.00000280. The smallest absolute Gasteiger partial charge is 0.191 e. The molecule has 1 aromatic heterocycles. The number of hydrogen-bond acceptors (Lipinski definition) is 3. The molecule has 3 rings (SSSR count). The van der Waals surface area contributed by atoms with Crippen molar-refractivity contribution in [2.75, 3.05) is 33.4 Å². The second-order valence-electron chi connectivity index (χ2n) is 7.14. The van der Waals surface area contributed by atoms with Crippen molar-refractivity contribution in [2.45, 2.75) is 31.1 Å². The molecule has 1 aliphatic rings. The Morgan fingerprint density at radius 1 is 1.25 bits per heavy atom. The van der Waals surface area contributed by atoms with Gasteiger partial charge in [-0.2, -0.15) is 11.3 Å². The Morgan fingerprint density at radius 2 is 2.00 bits per heavy atom. The molecule has 0 radical (unpaired) electrons. The van der Waals surface area contributed by atoms with Crippen molar-refractivity contribution in [3.05, 3.63) is 57.2 Å². The number of halogens is 2. The maximum Gasteiger partial charge on any atom is 0.191 e. The number of thiophene rings is 1. The van der Waals surface area contributed by atoms with Crippen LogP contribution in [0.4, 0.5) is 0 Å². The summed E-state index contributed by atoms with van der Waals surface area (Å²) in [5, 5.41) is 12.1. The van der Waals surface area contributed by atoms with Crippen LogP contribution in [0.3, 0.4) is 0 Å². The molecule has 1 unspecified atom stereocenters. The third kappa shape index (κ3) is 5.84. The Kier molecular flexibility index (Phi) is 9.53. The standard InChI is InChI=1S/C21H28ClN3OS.HI/c1-16(17-7-12-27-14-17)13-24-20(23-2)25-15-21(8-10-26-11-9-21)18-5-3-4-6-19(18)22;/h3-7,12,14,16H,8-11,13,15H2,1-2H3,(H2,23,24,25);1H. The minimum atomic E-state index is -0.0345. The van der Waals surface area contributed by atoms with Gasteiger partial charge in [0.15, 0.2) is 5.96 Å². The average molecular weight is 534 g/mol. The number of ether oxygens (including phenoxy) is 1. The SMILES string of the molecule is CN=C(NCC(C)c1ccsc1)NCC1(c2ccccc2Cl)CCOCC1.I. The first kappa shape index (κ1) is 23.4. The lowest BCUT2D eigenvalue weighted by Crippen LogP contribution is -2.48. The van der Waals surface area contributed by atoms with Crippen LogP contribution in [0.2, 0.25) is 5.02 Å². The van der Waals surface area contributed by atoms with Crippen molar-refractivity contribution >= 4 is 52.9 Å². The second-order valence-corrected chi connectivity index (χ2v) is 8.32. The van der Waals surface area contributed by atoms with Crippen LogP contribution in [0.15, 0.2) is 46.1 Å². The van der Waals surface area contributed by atoms with Crippen LogP contribution >= 0.6 is 46.9 Å². The first-order valence-electron chi connectivity index (χ1n) is 9.44. The fourth-order valence-electron chi connectivity index (χ4n) is 3.59. The summed E-state index contributed by atoms with van der Waals surface area (Å²) in [5.41, 5.74) is 2.53. The van der Waals surface area contributed by atoms with Gasteiger partial charge in [-0.1, -0.05) is 36.7 Å². The number of hydrogen-bond donors (Lipinski definition) is 2. The van der Waals surface area contributed by atoms with Gasteiger partial charge in [0.1, 0.15) is 0 Å². The number of guanidine groups is 1. The molecule has 154 valence electrons. The summed E-state index contributed by atoms with van der Waals surface area (Å²) in [5.74, 6) is 1.27. The molecule has 2 N–H and O–H groups in total. The largest absolute Gasteiger partial charge is 0.381 e. The molecule has 0 bridgehead atoms. The van der Waals surface area contributed by atoms with Crippen LogP contribution in [0.1, 0.15) is 36.8 Å². The molecule has 0 aliphatic carbocycles. The summed E-state index contributed by atoms with van der Waals surface area (Å²) in [6.07, 6.45) is 1.90. The van der Waals surface area contributed by atoms with Gasteiger partial charge < -0.3 is 15.4 Å². The zero-order valence-corrected chi connectivity index (χ0v) is 20.3. The van der Waals surface area contributed by atoms with Crippen molar-refractivity contribution in [1.29, 1.82) is 0 Å². The van der Waals surface area contributed by atoms with Gasteiger partial charge in [-0.05, 0) is 52.8 Å². The third-order valence-electron chi connectivity index (χ3n) is 5.40. The summed E-state index contributed by atoms with van der Waals surface area (Å²) in [6, 6.07) is 10.3. The van der Waals surface area contributed by atoms with Crippen molar-refractivity contribution in [3.8, 4) is 0 Å². The van der Waals surface area contributed by atoms with Gasteiger partial charge in [0.2, 0.25) is 0 Å². The Hall–Kier alpha value is -0.830. The molecule has 1 fully saturated rings. The topological polar surface area (TPSA) is 45.7 Å². The van der Waals surface area contributed by atoms with E-state index in [0.717, 1.165) is 50.1 Å². The third-order valence-corrected chi connectivity index (χ3v) is 6.43. The quantitative estimate of drug-likeness (QED) is 0.311. The maximum atomic E-state index is 6.54. The van der Waals surface area contributed by atoms with Crippen LogP contribution in [0.25, 0.3) is 0 Å². The van der Waals surface area contributed by atoms with E-state index in [1.165, 1.54) is 11.1 Å². The summed E-state index contributed by atoms with van der Waals surface area (Å²) >= 11 is 8.28. The maximum absolute atomic E-state index is 6.54.